The molecule has 1 heterocycles. The van der Waals surface area contributed by atoms with E-state index in [1.165, 1.54) is 10.9 Å². The molecule has 1 aromatic heterocycles. The van der Waals surface area contributed by atoms with Crippen molar-refractivity contribution < 1.29 is 4.39 Å². The van der Waals surface area contributed by atoms with E-state index < -0.39 is 5.82 Å². The van der Waals surface area contributed by atoms with Gasteiger partial charge in [-0.15, -0.1) is 11.3 Å². The van der Waals surface area contributed by atoms with Gasteiger partial charge in [0.1, 0.15) is 5.82 Å². The van der Waals surface area contributed by atoms with E-state index in [0.717, 1.165) is 16.0 Å². The van der Waals surface area contributed by atoms with Gasteiger partial charge in [0.05, 0.1) is 5.02 Å². The monoisotopic (exact) mass is 295 g/mol. The molecule has 0 fully saturated rings. The Labute approximate surface area is 119 Å². The molecule has 0 aliphatic carbocycles. The van der Waals surface area contributed by atoms with Crippen LogP contribution in [0.15, 0.2) is 29.4 Å². The third-order valence-electron chi connectivity index (χ3n) is 2.77. The fourth-order valence-corrected chi connectivity index (χ4v) is 3.02. The number of thiophene rings is 1. The number of halogens is 2. The van der Waals surface area contributed by atoms with E-state index in [1.807, 2.05) is 13.0 Å². The summed E-state index contributed by atoms with van der Waals surface area (Å²) >= 11 is 7.41. The van der Waals surface area contributed by atoms with Gasteiger partial charge in [-0.1, -0.05) is 22.8 Å². The van der Waals surface area contributed by atoms with E-state index in [-0.39, 0.29) is 5.02 Å². The molecular weight excluding hydrogens is 285 g/mol. The first-order valence-electron chi connectivity index (χ1n) is 5.67. The minimum Gasteiger partial charge on any atom is -0.205 e. The molecular formula is C13H11ClFN3S. The van der Waals surface area contributed by atoms with Crippen molar-refractivity contribution in [1.82, 2.24) is 0 Å². The first-order valence-corrected chi connectivity index (χ1v) is 6.87. The molecule has 0 bridgehead atoms. The minimum absolute atomic E-state index is 0.124. The van der Waals surface area contributed by atoms with Crippen molar-refractivity contribution in [2.45, 2.75) is 13.3 Å². The molecule has 0 N–H and O–H groups in total. The molecule has 2 aromatic rings. The summed E-state index contributed by atoms with van der Waals surface area (Å²) in [4.78, 5) is 4.94. The average Bonchev–Trinajstić information content (AvgIpc) is 2.75. The van der Waals surface area contributed by atoms with Crippen LogP contribution in [0.4, 0.5) is 4.39 Å². The van der Waals surface area contributed by atoms with Crippen molar-refractivity contribution in [2.75, 3.05) is 6.54 Å². The maximum atomic E-state index is 13.1. The van der Waals surface area contributed by atoms with Crippen molar-refractivity contribution >= 4 is 22.9 Å². The van der Waals surface area contributed by atoms with Gasteiger partial charge >= 0.3 is 0 Å². The number of nitrogens with zero attached hydrogens (tertiary/aromatic N) is 3. The van der Waals surface area contributed by atoms with Crippen LogP contribution in [-0.4, -0.2) is 6.54 Å². The van der Waals surface area contributed by atoms with Crippen LogP contribution in [0.5, 0.6) is 0 Å². The van der Waals surface area contributed by atoms with Crippen molar-refractivity contribution in [1.29, 1.82) is 0 Å². The summed E-state index contributed by atoms with van der Waals surface area (Å²) in [6, 6.07) is 6.74. The van der Waals surface area contributed by atoms with Gasteiger partial charge in [0.25, 0.3) is 0 Å². The molecule has 6 heteroatoms. The topological polar surface area (TPSA) is 48.8 Å². The number of benzene rings is 1. The summed E-state index contributed by atoms with van der Waals surface area (Å²) in [7, 11) is 0. The minimum atomic E-state index is -0.415. The fraction of sp³-hybridized carbons (Fsp3) is 0.231. The lowest BCUT2D eigenvalue weighted by Crippen LogP contribution is -1.87. The van der Waals surface area contributed by atoms with Crippen LogP contribution in [0.3, 0.4) is 0 Å². The van der Waals surface area contributed by atoms with Gasteiger partial charge in [0.2, 0.25) is 0 Å². The molecule has 1 aromatic carbocycles. The highest BCUT2D eigenvalue weighted by Crippen LogP contribution is 2.33. The molecule has 0 atom stereocenters. The SMILES string of the molecule is Cc1sc(-c2ccc(F)c(Cl)c2)cc1CCN=[N+]=[N-]. The normalized spacial score (nSPS) is 10.3. The second kappa shape index (κ2) is 6.06. The van der Waals surface area contributed by atoms with Crippen molar-refractivity contribution in [3.63, 3.8) is 0 Å². The van der Waals surface area contributed by atoms with Crippen LogP contribution in [-0.2, 0) is 6.42 Å². The number of azide groups is 1. The summed E-state index contributed by atoms with van der Waals surface area (Å²) in [5, 5.41) is 3.65. The summed E-state index contributed by atoms with van der Waals surface area (Å²) in [6.07, 6.45) is 0.710. The Hall–Kier alpha value is -1.55. The van der Waals surface area contributed by atoms with Gasteiger partial charge in [-0.3, -0.25) is 0 Å². The summed E-state index contributed by atoms with van der Waals surface area (Å²) < 4.78 is 13.1. The van der Waals surface area contributed by atoms with Gasteiger partial charge in [-0.2, -0.15) is 0 Å². The third kappa shape index (κ3) is 3.26. The number of hydrogen-bond donors (Lipinski definition) is 0. The third-order valence-corrected chi connectivity index (χ3v) is 4.20. The summed E-state index contributed by atoms with van der Waals surface area (Å²) in [5.74, 6) is -0.415. The molecule has 0 aliphatic rings. The Morgan fingerprint density at radius 2 is 2.21 bits per heavy atom. The molecule has 19 heavy (non-hydrogen) atoms. The standard InChI is InChI=1S/C13H11ClFN3S/c1-8-9(4-5-17-18-16)7-13(19-8)10-2-3-12(15)11(14)6-10/h2-3,6-7H,4-5H2,1H3. The lowest BCUT2D eigenvalue weighted by atomic mass is 10.1. The second-order valence-corrected chi connectivity index (χ2v) is 5.69. The largest absolute Gasteiger partial charge is 0.205 e. The molecule has 2 rings (SSSR count). The van der Waals surface area contributed by atoms with Gasteiger partial charge < -0.3 is 0 Å². The predicted octanol–water partition coefficient (Wildman–Crippen LogP) is 5.37. The average molecular weight is 296 g/mol. The zero-order chi connectivity index (χ0) is 13.8. The van der Waals surface area contributed by atoms with Crippen molar-refractivity contribution in [3.8, 4) is 10.4 Å². The molecule has 0 unspecified atom stereocenters. The van der Waals surface area contributed by atoms with Crippen molar-refractivity contribution in [3.05, 3.63) is 56.0 Å². The Kier molecular flexibility index (Phi) is 4.43. The van der Waals surface area contributed by atoms with E-state index in [1.54, 1.807) is 23.5 Å². The van der Waals surface area contributed by atoms with Crippen LogP contribution in [0.25, 0.3) is 20.9 Å². The first-order chi connectivity index (χ1) is 9.11. The highest BCUT2D eigenvalue weighted by molar-refractivity contribution is 7.15. The maximum absolute atomic E-state index is 13.1. The summed E-state index contributed by atoms with van der Waals surface area (Å²) in [5.41, 5.74) is 10.3. The zero-order valence-corrected chi connectivity index (χ0v) is 11.8. The number of rotatable bonds is 4. The smallest absolute Gasteiger partial charge is 0.141 e. The lowest BCUT2D eigenvalue weighted by Gasteiger charge is -1.99. The Bertz CT molecular complexity index is 647. The fourth-order valence-electron chi connectivity index (χ4n) is 1.77. The molecule has 0 amide bonds. The van der Waals surface area contributed by atoms with Crippen LogP contribution in [0, 0.1) is 12.7 Å². The molecule has 98 valence electrons. The van der Waals surface area contributed by atoms with Gasteiger partial charge in [-0.05, 0) is 48.2 Å². The molecule has 3 nitrogen and oxygen atoms in total. The van der Waals surface area contributed by atoms with Crippen molar-refractivity contribution in [2.24, 2.45) is 5.11 Å². The number of aryl methyl sites for hydroxylation is 1. The van der Waals surface area contributed by atoms with Gasteiger partial charge in [-0.25, -0.2) is 4.39 Å². The number of hydrogen-bond acceptors (Lipinski definition) is 2. The van der Waals surface area contributed by atoms with Crippen LogP contribution < -0.4 is 0 Å². The predicted molar refractivity (Wildman–Crippen MR) is 77.2 cm³/mol. The highest BCUT2D eigenvalue weighted by Gasteiger charge is 2.09. The van der Waals surface area contributed by atoms with Crippen LogP contribution >= 0.6 is 22.9 Å². The highest BCUT2D eigenvalue weighted by atomic mass is 35.5. The first kappa shape index (κ1) is 13.9. The molecule has 0 saturated carbocycles. The van der Waals surface area contributed by atoms with Crippen LogP contribution in [0.1, 0.15) is 10.4 Å². The Morgan fingerprint density at radius 3 is 2.89 bits per heavy atom. The lowest BCUT2D eigenvalue weighted by molar-refractivity contribution is 0.628. The van der Waals surface area contributed by atoms with E-state index in [4.69, 9.17) is 17.1 Å². The van der Waals surface area contributed by atoms with E-state index >= 15 is 0 Å². The maximum Gasteiger partial charge on any atom is 0.141 e. The van der Waals surface area contributed by atoms with Crippen LogP contribution in [0.2, 0.25) is 5.02 Å². The molecule has 0 spiro atoms. The zero-order valence-electron chi connectivity index (χ0n) is 10.2. The molecule has 0 aliphatic heterocycles. The van der Waals surface area contributed by atoms with E-state index in [9.17, 15) is 4.39 Å². The Morgan fingerprint density at radius 1 is 1.42 bits per heavy atom. The second-order valence-electron chi connectivity index (χ2n) is 4.03. The van der Waals surface area contributed by atoms with E-state index in [2.05, 4.69) is 10.0 Å². The molecule has 0 radical (unpaired) electrons. The summed E-state index contributed by atoms with van der Waals surface area (Å²) in [6.45, 7) is 2.46. The van der Waals surface area contributed by atoms with Gasteiger partial charge in [0, 0.05) is 21.2 Å². The van der Waals surface area contributed by atoms with Gasteiger partial charge in [0.15, 0.2) is 0 Å². The van der Waals surface area contributed by atoms with E-state index in [0.29, 0.717) is 13.0 Å². The molecule has 0 saturated heterocycles. The Balaban J connectivity index is 2.27. The quantitative estimate of drug-likeness (QED) is 0.414.